The zero-order valence-corrected chi connectivity index (χ0v) is 21.4. The topological polar surface area (TPSA) is 77.0 Å². The molecular weight excluding hydrogens is 541 g/mol. The van der Waals surface area contributed by atoms with E-state index in [2.05, 4.69) is 20.5 Å². The number of carbonyl (C=O) groups is 2. The number of halogens is 2. The predicted molar refractivity (Wildman–Crippen MR) is 139 cm³/mol. The van der Waals surface area contributed by atoms with Crippen molar-refractivity contribution in [3.05, 3.63) is 70.2 Å². The average molecular weight is 570 g/mol. The van der Waals surface area contributed by atoms with E-state index in [1.54, 1.807) is 20.2 Å². The number of guanidine groups is 1. The normalized spacial score (nSPS) is 13.9. The SMILES string of the molecule is CN=C(NCc1cccc(C(=O)NC)c1)N1CCN(C(=O)Cc2cccc(Cl)c2)CC1.I. The second-order valence-corrected chi connectivity index (χ2v) is 7.79. The van der Waals surface area contributed by atoms with Gasteiger partial charge < -0.3 is 20.4 Å². The van der Waals surface area contributed by atoms with E-state index in [1.165, 1.54) is 0 Å². The Morgan fingerprint density at radius 1 is 1.00 bits per heavy atom. The van der Waals surface area contributed by atoms with Crippen molar-refractivity contribution in [3.63, 3.8) is 0 Å². The van der Waals surface area contributed by atoms with E-state index < -0.39 is 0 Å². The quantitative estimate of drug-likeness (QED) is 0.330. The van der Waals surface area contributed by atoms with Crippen LogP contribution in [-0.4, -0.2) is 67.8 Å². The lowest BCUT2D eigenvalue weighted by molar-refractivity contribution is -0.131. The molecule has 7 nitrogen and oxygen atoms in total. The van der Waals surface area contributed by atoms with E-state index >= 15 is 0 Å². The summed E-state index contributed by atoms with van der Waals surface area (Å²) in [6.07, 6.45) is 0.356. The number of piperazine rings is 1. The van der Waals surface area contributed by atoms with Gasteiger partial charge in [0.25, 0.3) is 5.91 Å². The third-order valence-corrected chi connectivity index (χ3v) is 5.49. The van der Waals surface area contributed by atoms with E-state index in [-0.39, 0.29) is 35.8 Å². The van der Waals surface area contributed by atoms with Crippen molar-refractivity contribution >= 4 is 53.4 Å². The van der Waals surface area contributed by atoms with Crippen LogP contribution in [0.25, 0.3) is 0 Å². The van der Waals surface area contributed by atoms with Crippen LogP contribution in [0, 0.1) is 0 Å². The van der Waals surface area contributed by atoms with Crippen molar-refractivity contribution in [2.75, 3.05) is 40.3 Å². The van der Waals surface area contributed by atoms with Crippen molar-refractivity contribution in [1.82, 2.24) is 20.4 Å². The Labute approximate surface area is 211 Å². The maximum absolute atomic E-state index is 12.6. The Hall–Kier alpha value is -2.33. The summed E-state index contributed by atoms with van der Waals surface area (Å²) in [6, 6.07) is 14.9. The van der Waals surface area contributed by atoms with E-state index in [0.717, 1.165) is 17.1 Å². The van der Waals surface area contributed by atoms with Gasteiger partial charge >= 0.3 is 0 Å². The van der Waals surface area contributed by atoms with Crippen LogP contribution >= 0.6 is 35.6 Å². The fraction of sp³-hybridized carbons (Fsp3) is 0.348. The Bertz CT molecular complexity index is 961. The van der Waals surface area contributed by atoms with E-state index in [1.807, 2.05) is 47.4 Å². The molecule has 0 bridgehead atoms. The molecule has 2 aromatic rings. The van der Waals surface area contributed by atoms with E-state index in [9.17, 15) is 9.59 Å². The summed E-state index contributed by atoms with van der Waals surface area (Å²) in [5.74, 6) is 0.785. The van der Waals surface area contributed by atoms with Gasteiger partial charge in [0.1, 0.15) is 0 Å². The summed E-state index contributed by atoms with van der Waals surface area (Å²) in [5.41, 5.74) is 2.55. The molecule has 0 aliphatic carbocycles. The number of rotatable bonds is 5. The molecule has 2 aromatic carbocycles. The lowest BCUT2D eigenvalue weighted by atomic mass is 10.1. The number of hydrogen-bond acceptors (Lipinski definition) is 3. The fourth-order valence-electron chi connectivity index (χ4n) is 3.58. The molecule has 3 rings (SSSR count). The van der Waals surface area contributed by atoms with Gasteiger partial charge in [-0.25, -0.2) is 0 Å². The molecule has 1 saturated heterocycles. The molecule has 1 fully saturated rings. The molecule has 0 aromatic heterocycles. The number of hydrogen-bond donors (Lipinski definition) is 2. The van der Waals surface area contributed by atoms with E-state index in [0.29, 0.717) is 49.7 Å². The van der Waals surface area contributed by atoms with Gasteiger partial charge in [-0.05, 0) is 35.4 Å². The highest BCUT2D eigenvalue weighted by molar-refractivity contribution is 14.0. The van der Waals surface area contributed by atoms with Crippen molar-refractivity contribution in [1.29, 1.82) is 0 Å². The van der Waals surface area contributed by atoms with Crippen molar-refractivity contribution in [2.45, 2.75) is 13.0 Å². The minimum Gasteiger partial charge on any atom is -0.355 e. The summed E-state index contributed by atoms with van der Waals surface area (Å²) in [4.78, 5) is 32.9. The van der Waals surface area contributed by atoms with E-state index in [4.69, 9.17) is 11.6 Å². The van der Waals surface area contributed by atoms with Crippen molar-refractivity contribution in [3.8, 4) is 0 Å². The third kappa shape index (κ3) is 7.09. The highest BCUT2D eigenvalue weighted by Gasteiger charge is 2.23. The third-order valence-electron chi connectivity index (χ3n) is 5.25. The Kier molecular flexibility index (Phi) is 10.2. The summed E-state index contributed by atoms with van der Waals surface area (Å²) in [5, 5.41) is 6.64. The number of benzene rings is 2. The van der Waals surface area contributed by atoms with Gasteiger partial charge in [0.05, 0.1) is 6.42 Å². The summed E-state index contributed by atoms with van der Waals surface area (Å²) in [6.45, 7) is 3.27. The molecule has 0 spiro atoms. The number of aliphatic imine (C=N–C) groups is 1. The number of nitrogens with one attached hydrogen (secondary N) is 2. The fourth-order valence-corrected chi connectivity index (χ4v) is 3.79. The lowest BCUT2D eigenvalue weighted by Crippen LogP contribution is -2.53. The van der Waals surface area contributed by atoms with Crippen molar-refractivity contribution in [2.24, 2.45) is 4.99 Å². The predicted octanol–water partition coefficient (Wildman–Crippen LogP) is 2.78. The van der Waals surface area contributed by atoms with Gasteiger partial charge in [-0.2, -0.15) is 0 Å². The number of carbonyl (C=O) groups excluding carboxylic acids is 2. The smallest absolute Gasteiger partial charge is 0.251 e. The molecule has 2 amide bonds. The maximum atomic E-state index is 12.6. The molecule has 32 heavy (non-hydrogen) atoms. The van der Waals surface area contributed by atoms with Crippen LogP contribution < -0.4 is 10.6 Å². The van der Waals surface area contributed by atoms with Crippen LogP contribution in [0.15, 0.2) is 53.5 Å². The van der Waals surface area contributed by atoms with Crippen LogP contribution in [0.4, 0.5) is 0 Å². The van der Waals surface area contributed by atoms with Crippen molar-refractivity contribution < 1.29 is 9.59 Å². The first kappa shape index (κ1) is 25.9. The second-order valence-electron chi connectivity index (χ2n) is 7.35. The van der Waals surface area contributed by atoms with Gasteiger partial charge in [-0.1, -0.05) is 35.9 Å². The van der Waals surface area contributed by atoms with Crippen LogP contribution in [0.5, 0.6) is 0 Å². The highest BCUT2D eigenvalue weighted by atomic mass is 127. The zero-order chi connectivity index (χ0) is 22.2. The molecule has 172 valence electrons. The molecule has 0 atom stereocenters. The highest BCUT2D eigenvalue weighted by Crippen LogP contribution is 2.13. The average Bonchev–Trinajstić information content (AvgIpc) is 2.79. The van der Waals surface area contributed by atoms with Gasteiger partial charge in [-0.15, -0.1) is 24.0 Å². The van der Waals surface area contributed by atoms with Gasteiger partial charge in [-0.3, -0.25) is 14.6 Å². The van der Waals surface area contributed by atoms with Crippen LogP contribution in [0.2, 0.25) is 5.02 Å². The molecule has 0 unspecified atom stereocenters. The molecule has 1 aliphatic rings. The molecular formula is C23H29ClIN5O2. The summed E-state index contributed by atoms with van der Waals surface area (Å²) in [7, 11) is 3.37. The van der Waals surface area contributed by atoms with Gasteiger partial charge in [0.15, 0.2) is 5.96 Å². The Balaban J connectivity index is 0.00000363. The summed E-state index contributed by atoms with van der Waals surface area (Å²) >= 11 is 6.02. The van der Waals surface area contributed by atoms with Gasteiger partial charge in [0, 0.05) is 57.4 Å². The minimum absolute atomic E-state index is 0. The zero-order valence-electron chi connectivity index (χ0n) is 18.3. The van der Waals surface area contributed by atoms with Crippen LogP contribution in [0.3, 0.4) is 0 Å². The first-order valence-electron chi connectivity index (χ1n) is 10.3. The number of nitrogens with zero attached hydrogens (tertiary/aromatic N) is 3. The molecule has 2 N–H and O–H groups in total. The summed E-state index contributed by atoms with van der Waals surface area (Å²) < 4.78 is 0. The molecule has 1 aliphatic heterocycles. The Morgan fingerprint density at radius 3 is 2.31 bits per heavy atom. The monoisotopic (exact) mass is 569 g/mol. The Morgan fingerprint density at radius 2 is 1.66 bits per heavy atom. The standard InChI is InChI=1S/C23H28ClN5O2.HI/c1-25-22(31)19-7-3-6-18(13-19)16-27-23(26-2)29-11-9-28(10-12-29)21(30)15-17-5-4-8-20(24)14-17;/h3-8,13-14H,9-12,15-16H2,1-2H3,(H,25,31)(H,26,27);1H. The van der Waals surface area contributed by atoms with Crippen LogP contribution in [-0.2, 0) is 17.8 Å². The van der Waals surface area contributed by atoms with Gasteiger partial charge in [0.2, 0.25) is 5.91 Å². The minimum atomic E-state index is -0.107. The second kappa shape index (κ2) is 12.6. The molecule has 1 heterocycles. The molecule has 0 radical (unpaired) electrons. The molecule has 9 heteroatoms. The molecule has 0 saturated carbocycles. The lowest BCUT2D eigenvalue weighted by Gasteiger charge is -2.36. The van der Waals surface area contributed by atoms with Crippen LogP contribution in [0.1, 0.15) is 21.5 Å². The largest absolute Gasteiger partial charge is 0.355 e. The maximum Gasteiger partial charge on any atom is 0.251 e. The first-order valence-corrected chi connectivity index (χ1v) is 10.7. The number of amides is 2. The first-order chi connectivity index (χ1) is 15.0.